The fourth-order valence-corrected chi connectivity index (χ4v) is 3.98. The first-order chi connectivity index (χ1) is 11.6. The zero-order valence-electron chi connectivity index (χ0n) is 12.8. The number of alkyl halides is 2. The van der Waals surface area contributed by atoms with Crippen LogP contribution in [-0.4, -0.2) is 22.3 Å². The average molecular weight is 406 g/mol. The summed E-state index contributed by atoms with van der Waals surface area (Å²) in [5.74, 6) is 0.730. The van der Waals surface area contributed by atoms with Crippen LogP contribution in [0, 0.1) is 0 Å². The van der Waals surface area contributed by atoms with Crippen molar-refractivity contribution in [2.45, 2.75) is 24.3 Å². The summed E-state index contributed by atoms with van der Waals surface area (Å²) >= 11 is 9.08. The van der Waals surface area contributed by atoms with Crippen LogP contribution in [-0.2, 0) is 13.0 Å². The monoisotopic (exact) mass is 404 g/mol. The third-order valence-corrected chi connectivity index (χ3v) is 5.76. The first-order valence-electron chi connectivity index (χ1n) is 7.79. The molecule has 0 N–H and O–H groups in total. The van der Waals surface area contributed by atoms with Gasteiger partial charge in [-0.1, -0.05) is 28.1 Å². The lowest BCUT2D eigenvalue weighted by Gasteiger charge is -2.26. The van der Waals surface area contributed by atoms with E-state index < -0.39 is 0 Å². The summed E-state index contributed by atoms with van der Waals surface area (Å²) in [6.07, 6.45) is 1.67. The number of benzene rings is 2. The molecule has 2 aliphatic rings. The molecule has 4 rings (SSSR count). The molecular weight excluding hydrogens is 392 g/mol. The van der Waals surface area contributed by atoms with Gasteiger partial charge in [-0.3, -0.25) is 9.59 Å². The van der Waals surface area contributed by atoms with Gasteiger partial charge in [-0.25, -0.2) is 0 Å². The van der Waals surface area contributed by atoms with E-state index in [1.807, 2.05) is 18.2 Å². The van der Waals surface area contributed by atoms with Crippen LogP contribution >= 0.6 is 27.5 Å². The minimum Gasteiger partial charge on any atom is -0.488 e. The second kappa shape index (κ2) is 6.01. The van der Waals surface area contributed by atoms with Crippen molar-refractivity contribution < 1.29 is 14.3 Å². The predicted molar refractivity (Wildman–Crippen MR) is 96.6 cm³/mol. The molecule has 0 aromatic heterocycles. The first kappa shape index (κ1) is 15.9. The molecule has 24 heavy (non-hydrogen) atoms. The molecule has 0 saturated carbocycles. The predicted octanol–water partition coefficient (Wildman–Crippen LogP) is 4.56. The Hall–Kier alpha value is -1.65. The maximum atomic E-state index is 12.3. The maximum Gasteiger partial charge on any atom is 0.177 e. The lowest BCUT2D eigenvalue weighted by molar-refractivity contribution is 0.0979. The lowest BCUT2D eigenvalue weighted by atomic mass is 9.85. The molecule has 1 aliphatic carbocycles. The van der Waals surface area contributed by atoms with Gasteiger partial charge in [0, 0.05) is 16.7 Å². The number of fused-ring (bicyclic) bond motifs is 4. The van der Waals surface area contributed by atoms with Gasteiger partial charge in [0.2, 0.25) is 0 Å². The number of carbonyl (C=O) groups excluding carboxylic acids is 2. The third kappa shape index (κ3) is 2.49. The van der Waals surface area contributed by atoms with E-state index in [2.05, 4.69) is 22.0 Å². The number of ketones is 2. The Morgan fingerprint density at radius 3 is 2.79 bits per heavy atom. The topological polar surface area (TPSA) is 43.4 Å². The van der Waals surface area contributed by atoms with Crippen LogP contribution in [0.4, 0.5) is 0 Å². The summed E-state index contributed by atoms with van der Waals surface area (Å²) in [5, 5.41) is 0. The second-order valence-corrected chi connectivity index (χ2v) is 7.47. The zero-order chi connectivity index (χ0) is 16.8. The lowest BCUT2D eigenvalue weighted by Crippen LogP contribution is -2.23. The molecule has 1 aliphatic heterocycles. The van der Waals surface area contributed by atoms with Crippen molar-refractivity contribution in [2.75, 3.05) is 5.88 Å². The second-order valence-electron chi connectivity index (χ2n) is 6.09. The molecule has 1 unspecified atom stereocenters. The number of hydrogen-bond acceptors (Lipinski definition) is 3. The first-order valence-corrected chi connectivity index (χ1v) is 9.24. The van der Waals surface area contributed by atoms with Crippen LogP contribution in [0.2, 0.25) is 0 Å². The highest BCUT2D eigenvalue weighted by Gasteiger charge is 2.29. The Labute approximate surface area is 153 Å². The van der Waals surface area contributed by atoms with E-state index >= 15 is 0 Å². The molecule has 3 nitrogen and oxygen atoms in total. The Morgan fingerprint density at radius 1 is 1.17 bits per heavy atom. The van der Waals surface area contributed by atoms with Crippen LogP contribution < -0.4 is 4.74 Å². The SMILES string of the molecule is O=C(CCl)c1ccc2c(c1)COc1cc3c(cc1-2)CCC(Br)C3=O. The Balaban J connectivity index is 1.82. The molecule has 0 saturated heterocycles. The van der Waals surface area contributed by atoms with Crippen molar-refractivity contribution in [2.24, 2.45) is 0 Å². The quantitative estimate of drug-likeness (QED) is 0.543. The zero-order valence-corrected chi connectivity index (χ0v) is 15.1. The molecule has 0 fully saturated rings. The molecule has 5 heteroatoms. The highest BCUT2D eigenvalue weighted by molar-refractivity contribution is 9.10. The van der Waals surface area contributed by atoms with Gasteiger partial charge in [0.15, 0.2) is 11.6 Å². The smallest absolute Gasteiger partial charge is 0.177 e. The van der Waals surface area contributed by atoms with Crippen molar-refractivity contribution >= 4 is 39.1 Å². The molecule has 2 aromatic rings. The van der Waals surface area contributed by atoms with Gasteiger partial charge < -0.3 is 4.74 Å². The Morgan fingerprint density at radius 2 is 2.00 bits per heavy atom. The summed E-state index contributed by atoms with van der Waals surface area (Å²) in [6, 6.07) is 9.52. The van der Waals surface area contributed by atoms with Crippen LogP contribution in [0.25, 0.3) is 11.1 Å². The van der Waals surface area contributed by atoms with Gasteiger partial charge in [0.1, 0.15) is 12.4 Å². The van der Waals surface area contributed by atoms with E-state index in [-0.39, 0.29) is 22.3 Å². The Kier molecular flexibility index (Phi) is 3.97. The molecule has 0 bridgehead atoms. The molecule has 0 radical (unpaired) electrons. The van der Waals surface area contributed by atoms with Gasteiger partial charge in [-0.2, -0.15) is 0 Å². The number of halogens is 2. The third-order valence-electron chi connectivity index (χ3n) is 4.64. The van der Waals surface area contributed by atoms with Crippen molar-refractivity contribution in [3.8, 4) is 16.9 Å². The number of ether oxygens (including phenoxy) is 1. The minimum atomic E-state index is -0.108. The van der Waals surface area contributed by atoms with Gasteiger partial charge >= 0.3 is 0 Å². The summed E-state index contributed by atoms with van der Waals surface area (Å²) in [7, 11) is 0. The van der Waals surface area contributed by atoms with Crippen LogP contribution in [0.3, 0.4) is 0 Å². The van der Waals surface area contributed by atoms with Gasteiger partial charge in [0.05, 0.1) is 10.7 Å². The number of carbonyl (C=O) groups is 2. The largest absolute Gasteiger partial charge is 0.488 e. The number of Topliss-reactive ketones (excluding diaryl/α,β-unsaturated/α-hetero) is 2. The number of hydrogen-bond donors (Lipinski definition) is 0. The minimum absolute atomic E-state index is 0.0282. The van der Waals surface area contributed by atoms with Gasteiger partial charge in [-0.05, 0) is 47.7 Å². The molecule has 0 spiro atoms. The van der Waals surface area contributed by atoms with Crippen molar-refractivity contribution in [1.82, 2.24) is 0 Å². The fraction of sp³-hybridized carbons (Fsp3) is 0.263. The average Bonchev–Trinajstić information content (AvgIpc) is 2.62. The van der Waals surface area contributed by atoms with Gasteiger partial charge in [0.25, 0.3) is 0 Å². The van der Waals surface area contributed by atoms with E-state index in [1.54, 1.807) is 6.07 Å². The van der Waals surface area contributed by atoms with Crippen LogP contribution in [0.15, 0.2) is 30.3 Å². The normalized spacial score (nSPS) is 18.2. The molecular formula is C19H14BrClO3. The van der Waals surface area contributed by atoms with E-state index in [4.69, 9.17) is 16.3 Å². The van der Waals surface area contributed by atoms with E-state index in [1.165, 1.54) is 0 Å². The fourth-order valence-electron chi connectivity index (χ4n) is 3.35. The number of rotatable bonds is 2. The van der Waals surface area contributed by atoms with Crippen LogP contribution in [0.1, 0.15) is 38.3 Å². The van der Waals surface area contributed by atoms with E-state index in [0.717, 1.165) is 46.4 Å². The molecule has 1 heterocycles. The highest BCUT2D eigenvalue weighted by Crippen LogP contribution is 2.41. The molecule has 1 atom stereocenters. The molecule has 2 aromatic carbocycles. The number of aryl methyl sites for hydroxylation is 1. The van der Waals surface area contributed by atoms with Crippen molar-refractivity contribution in [3.63, 3.8) is 0 Å². The maximum absolute atomic E-state index is 12.3. The van der Waals surface area contributed by atoms with Crippen molar-refractivity contribution in [1.29, 1.82) is 0 Å². The van der Waals surface area contributed by atoms with E-state index in [9.17, 15) is 9.59 Å². The summed E-state index contributed by atoms with van der Waals surface area (Å²) in [4.78, 5) is 24.0. The summed E-state index contributed by atoms with van der Waals surface area (Å²) < 4.78 is 5.86. The van der Waals surface area contributed by atoms with Gasteiger partial charge in [-0.15, -0.1) is 11.6 Å². The van der Waals surface area contributed by atoms with Crippen LogP contribution in [0.5, 0.6) is 5.75 Å². The van der Waals surface area contributed by atoms with Crippen molar-refractivity contribution in [3.05, 3.63) is 52.6 Å². The molecule has 122 valence electrons. The molecule has 0 amide bonds. The standard InChI is InChI=1S/C19H14BrClO3/c20-16-4-2-10-6-15-13-3-1-11(17(22)8-21)5-12(13)9-24-18(15)7-14(10)19(16)23/h1,3,5-7,16H,2,4,8-9H2. The summed E-state index contributed by atoms with van der Waals surface area (Å²) in [6.45, 7) is 0.385. The highest BCUT2D eigenvalue weighted by atomic mass is 79.9. The van der Waals surface area contributed by atoms with E-state index in [0.29, 0.717) is 12.2 Å². The Bertz CT molecular complexity index is 875. The summed E-state index contributed by atoms with van der Waals surface area (Å²) in [5.41, 5.74) is 5.43.